The molecule has 114 valence electrons. The highest BCUT2D eigenvalue weighted by molar-refractivity contribution is 7.89. The normalized spacial score (nSPS) is 12.3. The number of halogens is 1. The Balaban J connectivity index is 3.03. The molecule has 1 aromatic carbocycles. The van der Waals surface area contributed by atoms with E-state index in [2.05, 4.69) is 0 Å². The molecule has 0 aliphatic carbocycles. The number of nitrogens with zero attached hydrogens (tertiary/aromatic N) is 2. The molecule has 0 aromatic heterocycles. The van der Waals surface area contributed by atoms with E-state index >= 15 is 0 Å². The van der Waals surface area contributed by atoms with Gasteiger partial charge in [-0.25, -0.2) is 8.42 Å². The number of likely N-dealkylation sites (N-methyl/N-ethyl adjacent to an activating group) is 2. The minimum absolute atomic E-state index is 0.312. The van der Waals surface area contributed by atoms with Crippen molar-refractivity contribution in [3.05, 3.63) is 29.3 Å². The lowest BCUT2D eigenvalue weighted by Crippen LogP contribution is -2.33. The van der Waals surface area contributed by atoms with Crippen LogP contribution in [0.4, 0.5) is 0 Å². The van der Waals surface area contributed by atoms with E-state index in [9.17, 15) is 8.42 Å². The molecule has 0 saturated carbocycles. The van der Waals surface area contributed by atoms with Gasteiger partial charge in [-0.15, -0.1) is 11.6 Å². The van der Waals surface area contributed by atoms with Crippen molar-refractivity contribution < 1.29 is 8.42 Å². The molecule has 0 unspecified atom stereocenters. The molecule has 0 amide bonds. The van der Waals surface area contributed by atoms with Crippen LogP contribution in [0.2, 0.25) is 0 Å². The molecule has 0 fully saturated rings. The summed E-state index contributed by atoms with van der Waals surface area (Å²) in [5.41, 5.74) is 1.98. The monoisotopic (exact) mass is 318 g/mol. The van der Waals surface area contributed by atoms with Crippen LogP contribution in [-0.4, -0.2) is 51.9 Å². The molecular weight excluding hydrogens is 296 g/mol. The smallest absolute Gasteiger partial charge is 0.242 e. The summed E-state index contributed by atoms with van der Waals surface area (Å²) in [4.78, 5) is 2.27. The Labute approximate surface area is 127 Å². The van der Waals surface area contributed by atoms with E-state index in [0.717, 1.165) is 17.5 Å². The van der Waals surface area contributed by atoms with Crippen molar-refractivity contribution in [2.24, 2.45) is 0 Å². The predicted molar refractivity (Wildman–Crippen MR) is 83.7 cm³/mol. The van der Waals surface area contributed by atoms with Crippen LogP contribution in [0.5, 0.6) is 0 Å². The minimum Gasteiger partial charge on any atom is -0.308 e. The Morgan fingerprint density at radius 3 is 2.25 bits per heavy atom. The van der Waals surface area contributed by atoms with Crippen molar-refractivity contribution in [3.8, 4) is 0 Å². The van der Waals surface area contributed by atoms with E-state index in [4.69, 9.17) is 11.6 Å². The number of aryl methyl sites for hydroxylation is 1. The zero-order valence-corrected chi connectivity index (χ0v) is 14.1. The van der Waals surface area contributed by atoms with Gasteiger partial charge in [0.05, 0.1) is 4.90 Å². The fourth-order valence-corrected chi connectivity index (χ4v) is 3.33. The summed E-state index contributed by atoms with van der Waals surface area (Å²) in [6.45, 7) is 3.18. The molecule has 1 aromatic rings. The van der Waals surface area contributed by atoms with Gasteiger partial charge in [0.25, 0.3) is 0 Å². The lowest BCUT2D eigenvalue weighted by atomic mass is 10.1. The summed E-state index contributed by atoms with van der Waals surface area (Å²) >= 11 is 5.90. The van der Waals surface area contributed by atoms with Gasteiger partial charge in [-0.2, -0.15) is 4.31 Å². The maximum Gasteiger partial charge on any atom is 0.242 e. The van der Waals surface area contributed by atoms with E-state index < -0.39 is 10.0 Å². The Morgan fingerprint density at radius 1 is 1.10 bits per heavy atom. The summed E-state index contributed by atoms with van der Waals surface area (Å²) in [6.07, 6.45) is 0.846. The van der Waals surface area contributed by atoms with E-state index in [1.54, 1.807) is 19.2 Å². The number of alkyl halides is 1. The highest BCUT2D eigenvalue weighted by Crippen LogP contribution is 2.20. The first kappa shape index (κ1) is 17.4. The second-order valence-electron chi connectivity index (χ2n) is 5.05. The van der Waals surface area contributed by atoms with Gasteiger partial charge in [0.2, 0.25) is 10.0 Å². The second kappa shape index (κ2) is 7.41. The van der Waals surface area contributed by atoms with Crippen LogP contribution in [0.3, 0.4) is 0 Å². The van der Waals surface area contributed by atoms with Gasteiger partial charge >= 0.3 is 0 Å². The first-order chi connectivity index (χ1) is 9.32. The van der Waals surface area contributed by atoms with E-state index in [1.807, 2.05) is 32.0 Å². The fourth-order valence-electron chi connectivity index (χ4n) is 1.87. The molecule has 20 heavy (non-hydrogen) atoms. The maximum atomic E-state index is 12.5. The van der Waals surface area contributed by atoms with Crippen molar-refractivity contribution in [2.45, 2.75) is 24.1 Å². The number of hydrogen-bond acceptors (Lipinski definition) is 3. The van der Waals surface area contributed by atoms with Crippen molar-refractivity contribution in [2.75, 3.05) is 34.2 Å². The SMILES string of the molecule is CCc1ccc(S(=O)(=O)N(C)CCN(C)C)cc1CCl. The first-order valence-electron chi connectivity index (χ1n) is 6.61. The van der Waals surface area contributed by atoms with Crippen LogP contribution in [0, 0.1) is 0 Å². The molecule has 0 aliphatic rings. The molecule has 0 spiro atoms. The van der Waals surface area contributed by atoms with Gasteiger partial charge in [-0.3, -0.25) is 0 Å². The fraction of sp³-hybridized carbons (Fsp3) is 0.571. The van der Waals surface area contributed by atoms with Gasteiger partial charge in [0.1, 0.15) is 0 Å². The number of hydrogen-bond donors (Lipinski definition) is 0. The van der Waals surface area contributed by atoms with Gasteiger partial charge in [0.15, 0.2) is 0 Å². The van der Waals surface area contributed by atoms with E-state index in [1.165, 1.54) is 4.31 Å². The molecule has 4 nitrogen and oxygen atoms in total. The van der Waals surface area contributed by atoms with Gasteiger partial charge in [-0.1, -0.05) is 13.0 Å². The van der Waals surface area contributed by atoms with Crippen LogP contribution in [0.25, 0.3) is 0 Å². The molecule has 1 rings (SSSR count). The molecule has 0 heterocycles. The molecule has 0 aliphatic heterocycles. The second-order valence-corrected chi connectivity index (χ2v) is 7.36. The molecule has 0 atom stereocenters. The van der Waals surface area contributed by atoms with Crippen LogP contribution in [0.15, 0.2) is 23.1 Å². The summed E-state index contributed by atoms with van der Waals surface area (Å²) in [7, 11) is 2.00. The lowest BCUT2D eigenvalue weighted by Gasteiger charge is -2.20. The van der Waals surface area contributed by atoms with Crippen molar-refractivity contribution in [1.29, 1.82) is 0 Å². The highest BCUT2D eigenvalue weighted by Gasteiger charge is 2.21. The average molecular weight is 319 g/mol. The summed E-state index contributed by atoms with van der Waals surface area (Å²) in [6, 6.07) is 5.20. The summed E-state index contributed by atoms with van der Waals surface area (Å²) in [5.74, 6) is 0.327. The van der Waals surface area contributed by atoms with Crippen LogP contribution >= 0.6 is 11.6 Å². The van der Waals surface area contributed by atoms with E-state index in [-0.39, 0.29) is 0 Å². The standard InChI is InChI=1S/C14H23ClN2O2S/c1-5-12-6-7-14(10-13(12)11-15)20(18,19)17(4)9-8-16(2)3/h6-7,10H,5,8-9,11H2,1-4H3. The summed E-state index contributed by atoms with van der Waals surface area (Å²) < 4.78 is 26.3. The zero-order valence-electron chi connectivity index (χ0n) is 12.6. The van der Waals surface area contributed by atoms with Crippen molar-refractivity contribution >= 4 is 21.6 Å². The highest BCUT2D eigenvalue weighted by atomic mass is 35.5. The number of benzene rings is 1. The van der Waals surface area contributed by atoms with Crippen molar-refractivity contribution in [3.63, 3.8) is 0 Å². The Morgan fingerprint density at radius 2 is 1.75 bits per heavy atom. The quantitative estimate of drug-likeness (QED) is 0.723. The third-order valence-electron chi connectivity index (χ3n) is 3.27. The van der Waals surface area contributed by atoms with Crippen LogP contribution < -0.4 is 0 Å². The lowest BCUT2D eigenvalue weighted by molar-refractivity contribution is 0.358. The number of sulfonamides is 1. The Kier molecular flexibility index (Phi) is 6.45. The molecule has 0 saturated heterocycles. The molecule has 0 N–H and O–H groups in total. The molecular formula is C14H23ClN2O2S. The molecule has 6 heteroatoms. The minimum atomic E-state index is -3.44. The van der Waals surface area contributed by atoms with Crippen molar-refractivity contribution in [1.82, 2.24) is 9.21 Å². The first-order valence-corrected chi connectivity index (χ1v) is 8.59. The molecule has 0 bridgehead atoms. The molecule has 0 radical (unpaired) electrons. The van der Waals surface area contributed by atoms with Gasteiger partial charge < -0.3 is 4.90 Å². The van der Waals surface area contributed by atoms with Crippen LogP contribution in [-0.2, 0) is 22.3 Å². The van der Waals surface area contributed by atoms with Gasteiger partial charge in [0, 0.05) is 26.0 Å². The van der Waals surface area contributed by atoms with E-state index in [0.29, 0.717) is 23.9 Å². The van der Waals surface area contributed by atoms with Gasteiger partial charge in [-0.05, 0) is 43.8 Å². The third-order valence-corrected chi connectivity index (χ3v) is 5.41. The number of rotatable bonds is 7. The Hall–Kier alpha value is -0.620. The largest absolute Gasteiger partial charge is 0.308 e. The predicted octanol–water partition coefficient (Wildman–Crippen LogP) is 2.17. The maximum absolute atomic E-state index is 12.5. The zero-order chi connectivity index (χ0) is 15.3. The Bertz CT molecular complexity index is 544. The average Bonchev–Trinajstić information content (AvgIpc) is 2.43. The van der Waals surface area contributed by atoms with Crippen LogP contribution in [0.1, 0.15) is 18.1 Å². The topological polar surface area (TPSA) is 40.6 Å². The third kappa shape index (κ3) is 4.19. The summed E-state index contributed by atoms with van der Waals surface area (Å²) in [5, 5.41) is 0.